The van der Waals surface area contributed by atoms with Crippen LogP contribution in [0, 0.1) is 31.3 Å². The van der Waals surface area contributed by atoms with E-state index in [1.807, 2.05) is 26.0 Å². The summed E-state index contributed by atoms with van der Waals surface area (Å²) < 4.78 is 40.3. The minimum atomic E-state index is -0.940. The minimum Gasteiger partial charge on any atom is -0.322 e. The number of aryl methyl sites for hydroxylation is 2. The molecule has 0 spiro atoms. The van der Waals surface area contributed by atoms with E-state index in [9.17, 15) is 18.0 Å². The van der Waals surface area contributed by atoms with Crippen LogP contribution >= 0.6 is 0 Å². The van der Waals surface area contributed by atoms with Crippen LogP contribution in [0.2, 0.25) is 0 Å². The highest BCUT2D eigenvalue weighted by molar-refractivity contribution is 6.05. The predicted molar refractivity (Wildman–Crippen MR) is 121 cm³/mol. The van der Waals surface area contributed by atoms with Crippen molar-refractivity contribution in [3.8, 4) is 22.3 Å². The smallest absolute Gasteiger partial charge is 0.255 e. The molecule has 0 fully saturated rings. The van der Waals surface area contributed by atoms with Gasteiger partial charge in [-0.2, -0.15) is 0 Å². The second kappa shape index (κ2) is 8.71. The van der Waals surface area contributed by atoms with E-state index >= 15 is 0 Å². The zero-order chi connectivity index (χ0) is 22.8. The van der Waals surface area contributed by atoms with Crippen molar-refractivity contribution in [2.45, 2.75) is 13.8 Å². The molecule has 0 radical (unpaired) electrons. The van der Waals surface area contributed by atoms with Crippen molar-refractivity contribution in [1.29, 1.82) is 0 Å². The predicted octanol–water partition coefficient (Wildman–Crippen LogP) is 7.31. The molecular weight excluding hydrogens is 411 g/mol. The first-order valence-electron chi connectivity index (χ1n) is 10.1. The first-order valence-corrected chi connectivity index (χ1v) is 10.1. The zero-order valence-electron chi connectivity index (χ0n) is 17.5. The fourth-order valence-electron chi connectivity index (χ4n) is 3.58. The van der Waals surface area contributed by atoms with Gasteiger partial charge in [0.15, 0.2) is 11.6 Å². The number of halogens is 3. The SMILES string of the molecule is Cc1ccc(NC(=O)c2ccc(C)c(-c3ccc(F)c(F)c3)c2)cc1-c1ccc(F)cc1. The van der Waals surface area contributed by atoms with Crippen molar-refractivity contribution in [2.75, 3.05) is 5.32 Å². The Hall–Kier alpha value is -3.86. The quantitative estimate of drug-likeness (QED) is 0.361. The van der Waals surface area contributed by atoms with Crippen molar-refractivity contribution in [3.05, 3.63) is 113 Å². The van der Waals surface area contributed by atoms with Gasteiger partial charge in [0.05, 0.1) is 0 Å². The third-order valence-electron chi connectivity index (χ3n) is 5.38. The summed E-state index contributed by atoms with van der Waals surface area (Å²) in [6.07, 6.45) is 0. The number of hydrogen-bond donors (Lipinski definition) is 1. The standard InChI is InChI=1S/C27H20F3NO/c1-16-3-5-20(13-23(16)19-8-12-25(29)26(30)14-19)27(32)31-22-11-4-17(2)24(15-22)18-6-9-21(28)10-7-18/h3-15H,1-2H3,(H,31,32). The second-order valence-corrected chi connectivity index (χ2v) is 7.65. The van der Waals surface area contributed by atoms with Gasteiger partial charge in [0.25, 0.3) is 5.91 Å². The molecule has 0 atom stereocenters. The van der Waals surface area contributed by atoms with E-state index in [4.69, 9.17) is 0 Å². The Morgan fingerprint density at radius 3 is 1.97 bits per heavy atom. The number of benzene rings is 4. The average Bonchev–Trinajstić information content (AvgIpc) is 2.78. The van der Waals surface area contributed by atoms with Crippen molar-refractivity contribution < 1.29 is 18.0 Å². The number of anilines is 1. The van der Waals surface area contributed by atoms with Crippen LogP contribution < -0.4 is 5.32 Å². The fraction of sp³-hybridized carbons (Fsp3) is 0.0741. The molecule has 0 aliphatic heterocycles. The number of rotatable bonds is 4. The summed E-state index contributed by atoms with van der Waals surface area (Å²) in [6.45, 7) is 3.78. The zero-order valence-corrected chi connectivity index (χ0v) is 17.5. The van der Waals surface area contributed by atoms with Crippen LogP contribution in [0.15, 0.2) is 78.9 Å². The molecule has 0 saturated heterocycles. The summed E-state index contributed by atoms with van der Waals surface area (Å²) in [7, 11) is 0. The summed E-state index contributed by atoms with van der Waals surface area (Å²) >= 11 is 0. The summed E-state index contributed by atoms with van der Waals surface area (Å²) in [5.41, 5.74) is 5.67. The monoisotopic (exact) mass is 431 g/mol. The molecule has 0 aromatic heterocycles. The van der Waals surface area contributed by atoms with E-state index < -0.39 is 11.6 Å². The molecule has 0 bridgehead atoms. The van der Waals surface area contributed by atoms with Gasteiger partial charge >= 0.3 is 0 Å². The van der Waals surface area contributed by atoms with Crippen LogP contribution in [0.25, 0.3) is 22.3 Å². The summed E-state index contributed by atoms with van der Waals surface area (Å²) in [5.74, 6) is -2.50. The third-order valence-corrected chi connectivity index (χ3v) is 5.38. The number of hydrogen-bond acceptors (Lipinski definition) is 1. The van der Waals surface area contributed by atoms with Gasteiger partial charge in [0, 0.05) is 11.3 Å². The Morgan fingerprint density at radius 2 is 1.28 bits per heavy atom. The molecule has 1 amide bonds. The van der Waals surface area contributed by atoms with Gasteiger partial charge in [-0.05, 0) is 95.8 Å². The van der Waals surface area contributed by atoms with Crippen LogP contribution in [0.4, 0.5) is 18.9 Å². The third kappa shape index (κ3) is 4.42. The van der Waals surface area contributed by atoms with Crippen LogP contribution in [0.1, 0.15) is 21.5 Å². The minimum absolute atomic E-state index is 0.313. The Morgan fingerprint density at radius 1 is 0.656 bits per heavy atom. The largest absolute Gasteiger partial charge is 0.322 e. The molecule has 0 saturated carbocycles. The lowest BCUT2D eigenvalue weighted by Gasteiger charge is -2.12. The topological polar surface area (TPSA) is 29.1 Å². The van der Waals surface area contributed by atoms with E-state index in [0.29, 0.717) is 22.4 Å². The number of carbonyl (C=O) groups excluding carboxylic acids is 1. The maximum Gasteiger partial charge on any atom is 0.255 e. The first-order chi connectivity index (χ1) is 15.3. The molecular formula is C27H20F3NO. The van der Waals surface area contributed by atoms with E-state index in [1.54, 1.807) is 36.4 Å². The van der Waals surface area contributed by atoms with E-state index in [2.05, 4.69) is 5.32 Å². The Bertz CT molecular complexity index is 1310. The summed E-state index contributed by atoms with van der Waals surface area (Å²) in [6, 6.07) is 20.5. The fourth-order valence-corrected chi connectivity index (χ4v) is 3.58. The van der Waals surface area contributed by atoms with Crippen LogP contribution in [0.3, 0.4) is 0 Å². The summed E-state index contributed by atoms with van der Waals surface area (Å²) in [4.78, 5) is 12.9. The maximum absolute atomic E-state index is 13.7. The highest BCUT2D eigenvalue weighted by Crippen LogP contribution is 2.29. The van der Waals surface area contributed by atoms with Crippen molar-refractivity contribution in [2.24, 2.45) is 0 Å². The lowest BCUT2D eigenvalue weighted by atomic mass is 9.97. The lowest BCUT2D eigenvalue weighted by Crippen LogP contribution is -2.12. The lowest BCUT2D eigenvalue weighted by molar-refractivity contribution is 0.102. The van der Waals surface area contributed by atoms with Gasteiger partial charge in [0.2, 0.25) is 0 Å². The van der Waals surface area contributed by atoms with Gasteiger partial charge in [-0.25, -0.2) is 13.2 Å². The Balaban J connectivity index is 1.62. The normalized spacial score (nSPS) is 10.8. The van der Waals surface area contributed by atoms with E-state index in [0.717, 1.165) is 34.4 Å². The molecule has 4 aromatic rings. The van der Waals surface area contributed by atoms with Crippen molar-refractivity contribution in [3.63, 3.8) is 0 Å². The van der Waals surface area contributed by atoms with Gasteiger partial charge < -0.3 is 5.32 Å². The van der Waals surface area contributed by atoms with Crippen molar-refractivity contribution >= 4 is 11.6 Å². The average molecular weight is 431 g/mol. The van der Waals surface area contributed by atoms with Gasteiger partial charge in [-0.3, -0.25) is 4.79 Å². The van der Waals surface area contributed by atoms with E-state index in [1.165, 1.54) is 18.2 Å². The first kappa shape index (κ1) is 21.4. The van der Waals surface area contributed by atoms with E-state index in [-0.39, 0.29) is 11.7 Å². The molecule has 160 valence electrons. The molecule has 0 unspecified atom stereocenters. The molecule has 4 rings (SSSR count). The van der Waals surface area contributed by atoms with Gasteiger partial charge in [-0.1, -0.05) is 30.3 Å². The summed E-state index contributed by atoms with van der Waals surface area (Å²) in [5, 5.41) is 2.88. The van der Waals surface area contributed by atoms with Crippen LogP contribution in [-0.2, 0) is 0 Å². The Kier molecular flexibility index (Phi) is 5.82. The van der Waals surface area contributed by atoms with Gasteiger partial charge in [0.1, 0.15) is 5.82 Å². The number of amides is 1. The highest BCUT2D eigenvalue weighted by Gasteiger charge is 2.13. The molecule has 0 aliphatic carbocycles. The van der Waals surface area contributed by atoms with Crippen LogP contribution in [0.5, 0.6) is 0 Å². The molecule has 1 N–H and O–H groups in total. The van der Waals surface area contributed by atoms with Gasteiger partial charge in [-0.15, -0.1) is 0 Å². The molecule has 2 nitrogen and oxygen atoms in total. The second-order valence-electron chi connectivity index (χ2n) is 7.65. The van der Waals surface area contributed by atoms with Crippen molar-refractivity contribution in [1.82, 2.24) is 0 Å². The Labute approximate surface area is 184 Å². The number of nitrogens with one attached hydrogen (secondary N) is 1. The molecule has 0 heterocycles. The highest BCUT2D eigenvalue weighted by atomic mass is 19.2. The molecule has 32 heavy (non-hydrogen) atoms. The molecule has 0 aliphatic rings. The van der Waals surface area contributed by atoms with Crippen LogP contribution in [-0.4, -0.2) is 5.91 Å². The maximum atomic E-state index is 13.7. The molecule has 4 aromatic carbocycles. The number of carbonyl (C=O) groups is 1. The molecule has 5 heteroatoms.